The van der Waals surface area contributed by atoms with Crippen LogP contribution in [-0.2, 0) is 9.59 Å². The van der Waals surface area contributed by atoms with Gasteiger partial charge in [0.25, 0.3) is 5.91 Å². The van der Waals surface area contributed by atoms with Crippen LogP contribution >= 0.6 is 15.9 Å². The lowest BCUT2D eigenvalue weighted by molar-refractivity contribution is -0.121. The molecule has 0 saturated heterocycles. The number of hydrazone groups is 1. The Morgan fingerprint density at radius 2 is 2.22 bits per heavy atom. The third kappa shape index (κ3) is 2.76. The molecule has 1 aromatic rings. The number of hydrogen-bond donors (Lipinski definition) is 2. The summed E-state index contributed by atoms with van der Waals surface area (Å²) in [5, 5.41) is 6.52. The Morgan fingerprint density at radius 3 is 2.89 bits per heavy atom. The van der Waals surface area contributed by atoms with Gasteiger partial charge in [-0.05, 0) is 34.5 Å². The average Bonchev–Trinajstić information content (AvgIpc) is 2.36. The van der Waals surface area contributed by atoms with Crippen molar-refractivity contribution in [3.63, 3.8) is 0 Å². The van der Waals surface area contributed by atoms with E-state index < -0.39 is 0 Å². The van der Waals surface area contributed by atoms with E-state index in [0.717, 1.165) is 10.0 Å². The van der Waals surface area contributed by atoms with Crippen LogP contribution in [0.1, 0.15) is 18.4 Å². The van der Waals surface area contributed by atoms with E-state index in [0.29, 0.717) is 24.2 Å². The van der Waals surface area contributed by atoms with Crippen LogP contribution in [0.25, 0.3) is 0 Å². The second-order valence-corrected chi connectivity index (χ2v) is 4.78. The van der Waals surface area contributed by atoms with Gasteiger partial charge in [-0.25, -0.2) is 5.43 Å². The molecule has 18 heavy (non-hydrogen) atoms. The summed E-state index contributed by atoms with van der Waals surface area (Å²) in [6, 6.07) is 5.61. The second-order valence-electron chi connectivity index (χ2n) is 3.98. The average molecular weight is 310 g/mol. The Balaban J connectivity index is 2.12. The molecular weight excluding hydrogens is 298 g/mol. The molecule has 2 N–H and O–H groups in total. The fourth-order valence-corrected chi connectivity index (χ4v) is 1.94. The highest BCUT2D eigenvalue weighted by atomic mass is 79.9. The van der Waals surface area contributed by atoms with Crippen molar-refractivity contribution in [2.45, 2.75) is 19.8 Å². The number of carbonyl (C=O) groups is 2. The zero-order valence-corrected chi connectivity index (χ0v) is 11.4. The summed E-state index contributed by atoms with van der Waals surface area (Å²) in [4.78, 5) is 22.9. The van der Waals surface area contributed by atoms with Gasteiger partial charge >= 0.3 is 0 Å². The van der Waals surface area contributed by atoms with E-state index >= 15 is 0 Å². The summed E-state index contributed by atoms with van der Waals surface area (Å²) < 4.78 is 0.846. The van der Waals surface area contributed by atoms with Gasteiger partial charge < -0.3 is 5.32 Å². The van der Waals surface area contributed by atoms with Crippen molar-refractivity contribution in [3.05, 3.63) is 28.2 Å². The maximum atomic E-state index is 11.9. The van der Waals surface area contributed by atoms with Crippen LogP contribution in [0.15, 0.2) is 27.8 Å². The van der Waals surface area contributed by atoms with Crippen LogP contribution in [0, 0.1) is 6.92 Å². The predicted octanol–water partition coefficient (Wildman–Crippen LogP) is 1.96. The monoisotopic (exact) mass is 309 g/mol. The van der Waals surface area contributed by atoms with Crippen molar-refractivity contribution in [2.24, 2.45) is 5.10 Å². The molecule has 2 amide bonds. The molecule has 94 valence electrons. The summed E-state index contributed by atoms with van der Waals surface area (Å²) >= 11 is 3.42. The van der Waals surface area contributed by atoms with Gasteiger partial charge in [-0.3, -0.25) is 9.59 Å². The summed E-state index contributed by atoms with van der Waals surface area (Å²) in [6.45, 7) is 1.94. The Labute approximate surface area is 113 Å². The predicted molar refractivity (Wildman–Crippen MR) is 72.3 cm³/mol. The summed E-state index contributed by atoms with van der Waals surface area (Å²) in [5.41, 5.74) is 4.37. The quantitative estimate of drug-likeness (QED) is 0.876. The minimum atomic E-state index is -0.290. The molecule has 1 aliphatic rings. The fourth-order valence-electron chi connectivity index (χ4n) is 1.58. The number of hydrogen-bond acceptors (Lipinski definition) is 3. The molecule has 0 spiro atoms. The SMILES string of the molecule is Cc1cccc(NC(=O)C2=NNC(=O)CC2)c1Br. The lowest BCUT2D eigenvalue weighted by Gasteiger charge is -2.13. The molecule has 1 heterocycles. The zero-order chi connectivity index (χ0) is 13.1. The van der Waals surface area contributed by atoms with E-state index in [1.54, 1.807) is 6.07 Å². The van der Waals surface area contributed by atoms with Gasteiger partial charge in [-0.15, -0.1) is 0 Å². The van der Waals surface area contributed by atoms with Crippen LogP contribution < -0.4 is 10.7 Å². The minimum Gasteiger partial charge on any atom is -0.320 e. The van der Waals surface area contributed by atoms with E-state index in [4.69, 9.17) is 0 Å². The maximum absolute atomic E-state index is 11.9. The molecule has 0 aliphatic carbocycles. The Hall–Kier alpha value is -1.69. The van der Waals surface area contributed by atoms with E-state index in [-0.39, 0.29) is 11.8 Å². The van der Waals surface area contributed by atoms with Crippen molar-refractivity contribution in [1.82, 2.24) is 5.43 Å². The summed E-state index contributed by atoms with van der Waals surface area (Å²) in [7, 11) is 0. The van der Waals surface area contributed by atoms with Gasteiger partial charge in [-0.2, -0.15) is 5.10 Å². The molecule has 0 bridgehead atoms. The normalized spacial score (nSPS) is 14.8. The first-order chi connectivity index (χ1) is 8.58. The van der Waals surface area contributed by atoms with Gasteiger partial charge in [0.1, 0.15) is 5.71 Å². The van der Waals surface area contributed by atoms with Gasteiger partial charge in [0, 0.05) is 17.3 Å². The highest BCUT2D eigenvalue weighted by Gasteiger charge is 2.19. The third-order valence-corrected chi connectivity index (χ3v) is 3.66. The molecule has 0 saturated carbocycles. The van der Waals surface area contributed by atoms with E-state index in [1.807, 2.05) is 19.1 Å². The molecule has 6 heteroatoms. The largest absolute Gasteiger partial charge is 0.320 e. The molecular formula is C12H12BrN3O2. The first-order valence-electron chi connectivity index (χ1n) is 5.50. The van der Waals surface area contributed by atoms with Crippen LogP contribution in [0.5, 0.6) is 0 Å². The molecule has 0 fully saturated rings. The van der Waals surface area contributed by atoms with Crippen molar-refractivity contribution >= 4 is 39.1 Å². The van der Waals surface area contributed by atoms with Crippen molar-refractivity contribution < 1.29 is 9.59 Å². The number of anilines is 1. The van der Waals surface area contributed by atoms with Crippen molar-refractivity contribution in [2.75, 3.05) is 5.32 Å². The Kier molecular flexibility index (Phi) is 3.76. The van der Waals surface area contributed by atoms with Gasteiger partial charge in [0.2, 0.25) is 5.91 Å². The number of amides is 2. The van der Waals surface area contributed by atoms with Crippen LogP contribution in [0.2, 0.25) is 0 Å². The molecule has 0 atom stereocenters. The van der Waals surface area contributed by atoms with E-state index in [1.165, 1.54) is 0 Å². The fraction of sp³-hybridized carbons (Fsp3) is 0.250. The third-order valence-electron chi connectivity index (χ3n) is 2.61. The molecule has 0 aromatic heterocycles. The number of aryl methyl sites for hydroxylation is 1. The van der Waals surface area contributed by atoms with Crippen LogP contribution in [-0.4, -0.2) is 17.5 Å². The smallest absolute Gasteiger partial charge is 0.271 e. The maximum Gasteiger partial charge on any atom is 0.271 e. The number of benzene rings is 1. The molecule has 0 unspecified atom stereocenters. The first kappa shape index (κ1) is 12.8. The number of nitrogens with zero attached hydrogens (tertiary/aromatic N) is 1. The van der Waals surface area contributed by atoms with Crippen molar-refractivity contribution in [1.29, 1.82) is 0 Å². The van der Waals surface area contributed by atoms with Gasteiger partial charge in [0.15, 0.2) is 0 Å². The molecule has 1 aliphatic heterocycles. The second kappa shape index (κ2) is 5.30. The Bertz CT molecular complexity index is 540. The summed E-state index contributed by atoms with van der Waals surface area (Å²) in [5.74, 6) is -0.454. The minimum absolute atomic E-state index is 0.164. The van der Waals surface area contributed by atoms with E-state index in [9.17, 15) is 9.59 Å². The van der Waals surface area contributed by atoms with Crippen molar-refractivity contribution in [3.8, 4) is 0 Å². The highest BCUT2D eigenvalue weighted by molar-refractivity contribution is 9.10. The lowest BCUT2D eigenvalue weighted by atomic mass is 10.1. The zero-order valence-electron chi connectivity index (χ0n) is 9.79. The summed E-state index contributed by atoms with van der Waals surface area (Å²) in [6.07, 6.45) is 0.655. The number of rotatable bonds is 2. The lowest BCUT2D eigenvalue weighted by Crippen LogP contribution is -2.32. The highest BCUT2D eigenvalue weighted by Crippen LogP contribution is 2.25. The van der Waals surface area contributed by atoms with Crippen LogP contribution in [0.3, 0.4) is 0 Å². The molecule has 2 rings (SSSR count). The van der Waals surface area contributed by atoms with Gasteiger partial charge in [-0.1, -0.05) is 12.1 Å². The van der Waals surface area contributed by atoms with E-state index in [2.05, 4.69) is 31.8 Å². The van der Waals surface area contributed by atoms with Crippen LogP contribution in [0.4, 0.5) is 5.69 Å². The number of halogens is 1. The first-order valence-corrected chi connectivity index (χ1v) is 6.29. The topological polar surface area (TPSA) is 70.6 Å². The Morgan fingerprint density at radius 1 is 1.44 bits per heavy atom. The molecule has 1 aromatic carbocycles. The molecule has 0 radical (unpaired) electrons. The van der Waals surface area contributed by atoms with Gasteiger partial charge in [0.05, 0.1) is 5.69 Å². The standard InChI is InChI=1S/C12H12BrN3O2/c1-7-3-2-4-8(11(7)13)14-12(18)9-5-6-10(17)16-15-9/h2-4H,5-6H2,1H3,(H,14,18)(H,16,17). The molecule has 5 nitrogen and oxygen atoms in total. The number of nitrogens with one attached hydrogen (secondary N) is 2. The number of carbonyl (C=O) groups excluding carboxylic acids is 2.